The van der Waals surface area contributed by atoms with E-state index in [2.05, 4.69) is 29.6 Å². The summed E-state index contributed by atoms with van der Waals surface area (Å²) in [6.45, 7) is 1.31. The summed E-state index contributed by atoms with van der Waals surface area (Å²) in [5.74, 6) is -0.333. The van der Waals surface area contributed by atoms with Crippen LogP contribution in [0.2, 0.25) is 0 Å². The van der Waals surface area contributed by atoms with Gasteiger partial charge >= 0.3 is 0 Å². The first-order chi connectivity index (χ1) is 7.70. The number of nitrogens with zero attached hydrogens (tertiary/aromatic N) is 1. The van der Waals surface area contributed by atoms with Crippen LogP contribution in [-0.2, 0) is 17.6 Å². The van der Waals surface area contributed by atoms with E-state index in [1.54, 1.807) is 0 Å². The van der Waals surface area contributed by atoms with Crippen molar-refractivity contribution >= 4 is 5.91 Å². The number of rotatable bonds is 0. The highest BCUT2D eigenvalue weighted by molar-refractivity contribution is 5.70. The van der Waals surface area contributed by atoms with Crippen LogP contribution in [0.3, 0.4) is 0 Å². The average molecular weight is 218 g/mol. The molecule has 86 valence electrons. The molecule has 3 nitrogen and oxygen atoms in total. The summed E-state index contributed by atoms with van der Waals surface area (Å²) in [5, 5.41) is 0. The van der Waals surface area contributed by atoms with Crippen LogP contribution >= 0.6 is 0 Å². The number of pyridine rings is 1. The van der Waals surface area contributed by atoms with Gasteiger partial charge in [-0.25, -0.2) is 0 Å². The van der Waals surface area contributed by atoms with Gasteiger partial charge in [-0.1, -0.05) is 6.07 Å². The molecule has 0 aliphatic heterocycles. The summed E-state index contributed by atoms with van der Waals surface area (Å²) in [4.78, 5) is 13.5. The Morgan fingerprint density at radius 2 is 1.94 bits per heavy atom. The van der Waals surface area contributed by atoms with Crippen molar-refractivity contribution in [2.45, 2.75) is 32.6 Å². The number of fused-ring (bicyclic) bond motifs is 1. The first-order valence-corrected chi connectivity index (χ1v) is 5.22. The van der Waals surface area contributed by atoms with Crippen LogP contribution in [-0.4, -0.2) is 10.9 Å². The largest absolute Gasteiger partial charge is 0.370 e. The molecule has 0 fully saturated rings. The van der Waals surface area contributed by atoms with Crippen LogP contribution in [0, 0.1) is 12.8 Å². The third kappa shape index (κ3) is 5.82. The number of carbonyl (C=O) groups is 1. The van der Waals surface area contributed by atoms with Gasteiger partial charge in [-0.3, -0.25) is 9.78 Å². The van der Waals surface area contributed by atoms with Crippen molar-refractivity contribution in [1.29, 1.82) is 0 Å². The molecule has 0 bridgehead atoms. The monoisotopic (exact) mass is 218 g/mol. The zero-order valence-electron chi connectivity index (χ0n) is 9.65. The Morgan fingerprint density at radius 1 is 1.38 bits per heavy atom. The molecular formula is C13H18N2O. The van der Waals surface area contributed by atoms with Crippen molar-refractivity contribution in [3.8, 4) is 12.8 Å². The SMILES string of the molecule is C#C.CC(N)=O.c1cnc2c(c1)CCCC2. The van der Waals surface area contributed by atoms with Crippen molar-refractivity contribution in [3.63, 3.8) is 0 Å². The topological polar surface area (TPSA) is 56.0 Å². The standard InChI is InChI=1S/C9H11N.C2H5NO.C2H2/c1-2-6-9-8(4-1)5-3-7-10-9;1-2(3)4;1-2/h3,5,7H,1-2,4,6H2;1H3,(H2,3,4);1-2H. The number of aromatic nitrogens is 1. The highest BCUT2D eigenvalue weighted by Gasteiger charge is 2.07. The van der Waals surface area contributed by atoms with Gasteiger partial charge in [-0.2, -0.15) is 0 Å². The second-order valence-electron chi connectivity index (χ2n) is 3.43. The lowest BCUT2D eigenvalue weighted by atomic mass is 9.96. The molecule has 0 unspecified atom stereocenters. The Kier molecular flexibility index (Phi) is 7.52. The van der Waals surface area contributed by atoms with E-state index in [1.165, 1.54) is 43.9 Å². The first kappa shape index (κ1) is 14.2. The molecule has 2 N–H and O–H groups in total. The van der Waals surface area contributed by atoms with Crippen LogP contribution in [0.5, 0.6) is 0 Å². The van der Waals surface area contributed by atoms with E-state index in [0.29, 0.717) is 0 Å². The molecule has 2 rings (SSSR count). The molecule has 3 heteroatoms. The van der Waals surface area contributed by atoms with Crippen molar-refractivity contribution in [1.82, 2.24) is 4.98 Å². The third-order valence-corrected chi connectivity index (χ3v) is 2.09. The smallest absolute Gasteiger partial charge is 0.214 e. The molecule has 0 radical (unpaired) electrons. The fourth-order valence-corrected chi connectivity index (χ4v) is 1.53. The molecule has 0 spiro atoms. The molecule has 1 heterocycles. The predicted octanol–water partition coefficient (Wildman–Crippen LogP) is 1.70. The quantitative estimate of drug-likeness (QED) is 0.674. The van der Waals surface area contributed by atoms with Crippen molar-refractivity contribution in [2.75, 3.05) is 0 Å². The molecular weight excluding hydrogens is 200 g/mol. The van der Waals surface area contributed by atoms with E-state index in [9.17, 15) is 4.79 Å². The number of amides is 1. The van der Waals surface area contributed by atoms with E-state index in [4.69, 9.17) is 0 Å². The molecule has 1 aromatic heterocycles. The number of aryl methyl sites for hydroxylation is 2. The third-order valence-electron chi connectivity index (χ3n) is 2.09. The molecule has 0 atom stereocenters. The van der Waals surface area contributed by atoms with Crippen LogP contribution in [0.1, 0.15) is 31.0 Å². The van der Waals surface area contributed by atoms with Gasteiger partial charge in [0.1, 0.15) is 0 Å². The lowest BCUT2D eigenvalue weighted by Gasteiger charge is -2.12. The van der Waals surface area contributed by atoms with E-state index < -0.39 is 0 Å². The van der Waals surface area contributed by atoms with Crippen molar-refractivity contribution < 1.29 is 4.79 Å². The van der Waals surface area contributed by atoms with Gasteiger partial charge in [-0.15, -0.1) is 12.8 Å². The van der Waals surface area contributed by atoms with Crippen LogP contribution < -0.4 is 5.73 Å². The zero-order valence-corrected chi connectivity index (χ0v) is 9.65. The van der Waals surface area contributed by atoms with Gasteiger partial charge in [-0.05, 0) is 37.3 Å². The van der Waals surface area contributed by atoms with Crippen LogP contribution in [0.4, 0.5) is 0 Å². The Morgan fingerprint density at radius 3 is 2.50 bits per heavy atom. The lowest BCUT2D eigenvalue weighted by molar-refractivity contribution is -0.115. The Bertz CT molecular complexity index is 316. The summed E-state index contributed by atoms with van der Waals surface area (Å²) in [7, 11) is 0. The molecule has 16 heavy (non-hydrogen) atoms. The Labute approximate surface area is 97.1 Å². The number of carbonyl (C=O) groups excluding carboxylic acids is 1. The minimum Gasteiger partial charge on any atom is -0.370 e. The minimum absolute atomic E-state index is 0.333. The first-order valence-electron chi connectivity index (χ1n) is 5.22. The zero-order chi connectivity index (χ0) is 12.4. The second-order valence-corrected chi connectivity index (χ2v) is 3.43. The predicted molar refractivity (Wildman–Crippen MR) is 65.6 cm³/mol. The van der Waals surface area contributed by atoms with Gasteiger partial charge in [0.15, 0.2) is 0 Å². The van der Waals surface area contributed by atoms with Crippen molar-refractivity contribution in [2.24, 2.45) is 5.73 Å². The summed E-state index contributed by atoms with van der Waals surface area (Å²) < 4.78 is 0. The van der Waals surface area contributed by atoms with Gasteiger partial charge in [0.2, 0.25) is 5.91 Å². The van der Waals surface area contributed by atoms with E-state index >= 15 is 0 Å². The van der Waals surface area contributed by atoms with Gasteiger partial charge < -0.3 is 5.73 Å². The number of hydrogen-bond acceptors (Lipinski definition) is 2. The summed E-state index contributed by atoms with van der Waals surface area (Å²) >= 11 is 0. The van der Waals surface area contributed by atoms with Gasteiger partial charge in [0, 0.05) is 18.8 Å². The second kappa shape index (κ2) is 8.49. The normalized spacial score (nSPS) is 11.9. The van der Waals surface area contributed by atoms with E-state index in [-0.39, 0.29) is 5.91 Å². The summed E-state index contributed by atoms with van der Waals surface area (Å²) in [6.07, 6.45) is 15.0. The van der Waals surface area contributed by atoms with Gasteiger partial charge in [0.05, 0.1) is 0 Å². The maximum atomic E-state index is 9.22. The average Bonchev–Trinajstić information content (AvgIpc) is 2.31. The number of nitrogens with two attached hydrogens (primary N) is 1. The summed E-state index contributed by atoms with van der Waals surface area (Å²) in [5.41, 5.74) is 7.27. The number of terminal acetylenes is 1. The minimum atomic E-state index is -0.333. The van der Waals surface area contributed by atoms with Crippen molar-refractivity contribution in [3.05, 3.63) is 29.6 Å². The number of hydrogen-bond donors (Lipinski definition) is 1. The maximum Gasteiger partial charge on any atom is 0.214 e. The Balaban J connectivity index is 0.000000323. The lowest BCUT2D eigenvalue weighted by Crippen LogP contribution is -2.03. The van der Waals surface area contributed by atoms with Crippen LogP contribution in [0.15, 0.2) is 18.3 Å². The highest BCUT2D eigenvalue weighted by atomic mass is 16.1. The maximum absolute atomic E-state index is 9.22. The fourth-order valence-electron chi connectivity index (χ4n) is 1.53. The molecule has 1 aromatic rings. The van der Waals surface area contributed by atoms with Crippen LogP contribution in [0.25, 0.3) is 0 Å². The fraction of sp³-hybridized carbons (Fsp3) is 0.385. The molecule has 0 aromatic carbocycles. The van der Waals surface area contributed by atoms with E-state index in [0.717, 1.165) is 0 Å². The van der Waals surface area contributed by atoms with Gasteiger partial charge in [0.25, 0.3) is 0 Å². The number of primary amides is 1. The molecule has 1 aliphatic carbocycles. The van der Waals surface area contributed by atoms with E-state index in [1.807, 2.05) is 12.3 Å². The molecule has 0 saturated carbocycles. The molecule has 1 aliphatic rings. The highest BCUT2D eigenvalue weighted by Crippen LogP contribution is 2.17. The Hall–Kier alpha value is -1.82. The summed E-state index contributed by atoms with van der Waals surface area (Å²) in [6, 6.07) is 4.23. The molecule has 0 saturated heterocycles. The molecule has 1 amide bonds.